The van der Waals surface area contributed by atoms with Gasteiger partial charge in [0, 0.05) is 18.2 Å². The minimum absolute atomic E-state index is 0.0841. The Hall–Kier alpha value is -2.64. The zero-order chi connectivity index (χ0) is 19.6. The Kier molecular flexibility index (Phi) is 4.73. The number of hydrogen-bond acceptors (Lipinski definition) is 5. The molecule has 0 radical (unpaired) electrons. The van der Waals surface area contributed by atoms with E-state index in [2.05, 4.69) is 9.88 Å². The maximum absolute atomic E-state index is 13.0. The highest BCUT2D eigenvalue weighted by atomic mass is 32.2. The van der Waals surface area contributed by atoms with E-state index < -0.39 is 16.6 Å². The van der Waals surface area contributed by atoms with E-state index in [1.54, 1.807) is 56.3 Å². The molecule has 1 aromatic heterocycles. The van der Waals surface area contributed by atoms with Gasteiger partial charge in [-0.2, -0.15) is 0 Å². The molecule has 26 heavy (non-hydrogen) atoms. The highest BCUT2D eigenvalue weighted by Crippen LogP contribution is 2.32. The number of hydrogen-bond donors (Lipinski definition) is 1. The van der Waals surface area contributed by atoms with Gasteiger partial charge in [-0.1, -0.05) is 47.6 Å². The minimum Gasteiger partial charge on any atom is -0.380 e. The third-order valence-corrected chi connectivity index (χ3v) is 5.46. The Labute approximate surface area is 154 Å². The molecule has 0 saturated heterocycles. The van der Waals surface area contributed by atoms with E-state index in [-0.39, 0.29) is 10.7 Å². The Morgan fingerprint density at radius 1 is 1.12 bits per heavy atom. The molecule has 0 spiro atoms. The third-order valence-electron chi connectivity index (χ3n) is 4.06. The van der Waals surface area contributed by atoms with Gasteiger partial charge in [0.2, 0.25) is 0 Å². The molecule has 136 valence electrons. The topological polar surface area (TPSA) is 81.4 Å². The van der Waals surface area contributed by atoms with Gasteiger partial charge in [0.05, 0.1) is 12.8 Å². The number of methoxy groups -OCH3 is 1. The molecule has 3 rings (SSSR count). The highest BCUT2D eigenvalue weighted by Gasteiger charge is 2.23. The molecule has 0 bridgehead atoms. The monoisotopic (exact) mass is 373 g/mol. The Bertz CT molecular complexity index is 1060. The Morgan fingerprint density at radius 3 is 2.42 bits per heavy atom. The molecule has 7 heteroatoms. The SMILES string of the molecule is [2H]C(OC)c1ccccc1-c1ccccc1S(=O)(=O)Nc1noc(C)c1C. The van der Waals surface area contributed by atoms with E-state index in [4.69, 9.17) is 10.6 Å². The van der Waals surface area contributed by atoms with Gasteiger partial charge in [0.25, 0.3) is 10.0 Å². The van der Waals surface area contributed by atoms with E-state index >= 15 is 0 Å². The standard InChI is InChI=1S/C19H20N2O4S/c1-13-14(2)25-20-19(13)21-26(22,23)18-11-7-6-10-17(18)16-9-5-4-8-15(16)12-24-3/h4-11H,12H2,1-3H3,(H,20,21)/i12D. The van der Waals surface area contributed by atoms with Crippen molar-refractivity contribution in [2.75, 3.05) is 11.8 Å². The van der Waals surface area contributed by atoms with Crippen molar-refractivity contribution in [3.8, 4) is 11.1 Å². The van der Waals surface area contributed by atoms with Crippen LogP contribution in [-0.4, -0.2) is 20.7 Å². The first-order chi connectivity index (χ1) is 12.8. The molecule has 0 amide bonds. The summed E-state index contributed by atoms with van der Waals surface area (Å²) in [5, 5.41) is 3.77. The lowest BCUT2D eigenvalue weighted by Crippen LogP contribution is -2.15. The molecule has 3 aromatic rings. The largest absolute Gasteiger partial charge is 0.380 e. The molecule has 0 fully saturated rings. The molecule has 1 atom stereocenters. The maximum Gasteiger partial charge on any atom is 0.263 e. The average molecular weight is 373 g/mol. The fourth-order valence-electron chi connectivity index (χ4n) is 2.59. The second-order valence-electron chi connectivity index (χ2n) is 5.75. The number of rotatable bonds is 6. The van der Waals surface area contributed by atoms with Crippen molar-refractivity contribution >= 4 is 15.8 Å². The van der Waals surface area contributed by atoms with Crippen molar-refractivity contribution in [3.63, 3.8) is 0 Å². The van der Waals surface area contributed by atoms with Crippen LogP contribution in [0.2, 0.25) is 0 Å². The van der Waals surface area contributed by atoms with Crippen molar-refractivity contribution in [1.82, 2.24) is 5.16 Å². The van der Waals surface area contributed by atoms with Crippen molar-refractivity contribution in [2.45, 2.75) is 25.3 Å². The molecule has 1 N–H and O–H groups in total. The Morgan fingerprint density at radius 2 is 1.77 bits per heavy atom. The van der Waals surface area contributed by atoms with Gasteiger partial charge in [-0.3, -0.25) is 4.72 Å². The Balaban J connectivity index is 2.11. The van der Waals surface area contributed by atoms with E-state index in [9.17, 15) is 8.42 Å². The predicted octanol–water partition coefficient (Wildman–Crippen LogP) is 3.91. The van der Waals surface area contributed by atoms with Crippen LogP contribution in [0.15, 0.2) is 57.9 Å². The number of anilines is 1. The number of sulfonamides is 1. The van der Waals surface area contributed by atoms with Crippen LogP contribution in [0.3, 0.4) is 0 Å². The van der Waals surface area contributed by atoms with Crippen LogP contribution in [0, 0.1) is 13.8 Å². The number of nitrogens with one attached hydrogen (secondary N) is 1. The van der Waals surface area contributed by atoms with E-state index in [0.717, 1.165) is 0 Å². The normalized spacial score (nSPS) is 13.3. The first-order valence-electron chi connectivity index (χ1n) is 8.52. The van der Waals surface area contributed by atoms with Crippen molar-refractivity contribution in [2.24, 2.45) is 0 Å². The van der Waals surface area contributed by atoms with Crippen LogP contribution < -0.4 is 4.72 Å². The zero-order valence-corrected chi connectivity index (χ0v) is 15.5. The van der Waals surface area contributed by atoms with Gasteiger partial charge < -0.3 is 9.26 Å². The molecule has 1 unspecified atom stereocenters. The summed E-state index contributed by atoms with van der Waals surface area (Å²) in [6.45, 7) is 2.52. The summed E-state index contributed by atoms with van der Waals surface area (Å²) in [6.07, 6.45) is 0. The first-order valence-corrected chi connectivity index (χ1v) is 9.42. The second-order valence-corrected chi connectivity index (χ2v) is 7.41. The van der Waals surface area contributed by atoms with Crippen LogP contribution in [-0.2, 0) is 21.3 Å². The fourth-order valence-corrected chi connectivity index (χ4v) is 3.87. The average Bonchev–Trinajstić information content (AvgIpc) is 2.99. The third kappa shape index (κ3) is 3.49. The molecule has 6 nitrogen and oxygen atoms in total. The summed E-state index contributed by atoms with van der Waals surface area (Å²) in [6, 6.07) is 13.7. The summed E-state index contributed by atoms with van der Waals surface area (Å²) in [5.41, 5.74) is 2.30. The summed E-state index contributed by atoms with van der Waals surface area (Å²) >= 11 is 0. The van der Waals surface area contributed by atoms with Crippen molar-refractivity contribution < 1.29 is 19.0 Å². The molecular formula is C19H20N2O4S. The number of ether oxygens (including phenoxy) is 1. The van der Waals surface area contributed by atoms with E-state index in [1.165, 1.54) is 13.2 Å². The van der Waals surface area contributed by atoms with Crippen LogP contribution >= 0.6 is 0 Å². The number of benzene rings is 2. The highest BCUT2D eigenvalue weighted by molar-refractivity contribution is 7.92. The zero-order valence-electron chi connectivity index (χ0n) is 15.7. The van der Waals surface area contributed by atoms with Gasteiger partial charge in [-0.25, -0.2) is 8.42 Å². The van der Waals surface area contributed by atoms with Crippen LogP contribution in [0.4, 0.5) is 5.82 Å². The van der Waals surface area contributed by atoms with Crippen LogP contribution in [0.1, 0.15) is 18.3 Å². The molecule has 0 aliphatic heterocycles. The summed E-state index contributed by atoms with van der Waals surface area (Å²) in [4.78, 5) is 0.0841. The summed E-state index contributed by atoms with van der Waals surface area (Å²) < 4.78 is 46.8. The van der Waals surface area contributed by atoms with Gasteiger partial charge in [0.15, 0.2) is 5.82 Å². The van der Waals surface area contributed by atoms with Crippen LogP contribution in [0.5, 0.6) is 0 Å². The van der Waals surface area contributed by atoms with Crippen LogP contribution in [0.25, 0.3) is 11.1 Å². The molecule has 0 saturated carbocycles. The molecule has 2 aromatic carbocycles. The lowest BCUT2D eigenvalue weighted by Gasteiger charge is -2.14. The molecular weight excluding hydrogens is 352 g/mol. The molecule has 1 heterocycles. The van der Waals surface area contributed by atoms with Gasteiger partial charge in [0.1, 0.15) is 5.76 Å². The van der Waals surface area contributed by atoms with Gasteiger partial charge >= 0.3 is 0 Å². The van der Waals surface area contributed by atoms with Crippen molar-refractivity contribution in [3.05, 3.63) is 65.4 Å². The van der Waals surface area contributed by atoms with E-state index in [1.807, 2.05) is 0 Å². The van der Waals surface area contributed by atoms with E-state index in [0.29, 0.717) is 28.0 Å². The smallest absolute Gasteiger partial charge is 0.263 e. The van der Waals surface area contributed by atoms with Gasteiger partial charge in [-0.15, -0.1) is 0 Å². The minimum atomic E-state index is -3.93. The fraction of sp³-hybridized carbons (Fsp3) is 0.211. The molecule has 0 aliphatic carbocycles. The lowest BCUT2D eigenvalue weighted by molar-refractivity contribution is 0.185. The quantitative estimate of drug-likeness (QED) is 0.708. The molecule has 0 aliphatic rings. The summed E-state index contributed by atoms with van der Waals surface area (Å²) in [7, 11) is -2.49. The maximum atomic E-state index is 13.0. The lowest BCUT2D eigenvalue weighted by atomic mass is 10.0. The van der Waals surface area contributed by atoms with Crippen molar-refractivity contribution in [1.29, 1.82) is 0 Å². The number of aromatic nitrogens is 1. The first kappa shape index (κ1) is 16.8. The second kappa shape index (κ2) is 7.31. The summed E-state index contributed by atoms with van der Waals surface area (Å²) in [5.74, 6) is 0.703. The predicted molar refractivity (Wildman–Crippen MR) is 99.4 cm³/mol. The number of aryl methyl sites for hydroxylation is 1. The number of nitrogens with zero attached hydrogens (tertiary/aromatic N) is 1. The van der Waals surface area contributed by atoms with Gasteiger partial charge in [-0.05, 0) is 31.0 Å².